The molecule has 1 aliphatic rings. The van der Waals surface area contributed by atoms with E-state index in [4.69, 9.17) is 4.52 Å². The minimum absolute atomic E-state index is 0.0990. The SMILES string of the molecule is O=C(CCC1NC(=O)NC1=O)NCc1noc(-c2ccccc2)n1. The average Bonchev–Trinajstić information content (AvgIpc) is 3.18. The van der Waals surface area contributed by atoms with Crippen molar-refractivity contribution >= 4 is 17.8 Å². The van der Waals surface area contributed by atoms with Gasteiger partial charge in [-0.1, -0.05) is 23.4 Å². The molecule has 3 N–H and O–H groups in total. The van der Waals surface area contributed by atoms with Gasteiger partial charge in [-0.05, 0) is 18.6 Å². The lowest BCUT2D eigenvalue weighted by atomic mass is 10.1. The van der Waals surface area contributed by atoms with Crippen LogP contribution in [0, 0.1) is 0 Å². The normalized spacial score (nSPS) is 16.6. The third-order valence-corrected chi connectivity index (χ3v) is 3.45. The van der Waals surface area contributed by atoms with Crippen LogP contribution in [0.15, 0.2) is 34.9 Å². The van der Waals surface area contributed by atoms with Gasteiger partial charge in [0.1, 0.15) is 6.04 Å². The number of aromatic nitrogens is 2. The highest BCUT2D eigenvalue weighted by Gasteiger charge is 2.29. The maximum Gasteiger partial charge on any atom is 0.322 e. The van der Waals surface area contributed by atoms with E-state index < -0.39 is 18.0 Å². The van der Waals surface area contributed by atoms with Crippen LogP contribution in [-0.2, 0) is 16.1 Å². The van der Waals surface area contributed by atoms with Gasteiger partial charge in [0, 0.05) is 12.0 Å². The van der Waals surface area contributed by atoms with Crippen LogP contribution in [-0.4, -0.2) is 34.0 Å². The largest absolute Gasteiger partial charge is 0.349 e. The molecule has 3 rings (SSSR count). The molecule has 1 saturated heterocycles. The smallest absolute Gasteiger partial charge is 0.322 e. The summed E-state index contributed by atoms with van der Waals surface area (Å²) in [5, 5.41) is 11.0. The zero-order valence-corrected chi connectivity index (χ0v) is 12.6. The number of nitrogens with zero attached hydrogens (tertiary/aromatic N) is 2. The number of rotatable bonds is 6. The number of benzene rings is 1. The van der Waals surface area contributed by atoms with Crippen molar-refractivity contribution in [2.45, 2.75) is 25.4 Å². The fourth-order valence-electron chi connectivity index (χ4n) is 2.23. The second-order valence-electron chi connectivity index (χ2n) is 5.21. The highest BCUT2D eigenvalue weighted by molar-refractivity contribution is 6.04. The van der Waals surface area contributed by atoms with Crippen LogP contribution >= 0.6 is 0 Å². The third-order valence-electron chi connectivity index (χ3n) is 3.45. The maximum absolute atomic E-state index is 11.8. The van der Waals surface area contributed by atoms with Crippen molar-refractivity contribution in [2.24, 2.45) is 0 Å². The molecular formula is C15H15N5O4. The number of nitrogens with one attached hydrogen (secondary N) is 3. The molecule has 2 aromatic rings. The van der Waals surface area contributed by atoms with Crippen molar-refractivity contribution in [1.82, 2.24) is 26.1 Å². The second kappa shape index (κ2) is 6.90. The van der Waals surface area contributed by atoms with Crippen LogP contribution in [0.5, 0.6) is 0 Å². The van der Waals surface area contributed by atoms with Crippen molar-refractivity contribution in [3.63, 3.8) is 0 Å². The number of imide groups is 1. The van der Waals surface area contributed by atoms with Gasteiger partial charge in [0.2, 0.25) is 5.91 Å². The lowest BCUT2D eigenvalue weighted by Gasteiger charge is -2.06. The van der Waals surface area contributed by atoms with Gasteiger partial charge in [-0.15, -0.1) is 0 Å². The minimum atomic E-state index is -0.668. The Morgan fingerprint density at radius 2 is 2.04 bits per heavy atom. The molecule has 0 bridgehead atoms. The van der Waals surface area contributed by atoms with E-state index in [1.165, 1.54) is 0 Å². The van der Waals surface area contributed by atoms with Crippen molar-refractivity contribution in [3.8, 4) is 11.5 Å². The lowest BCUT2D eigenvalue weighted by Crippen LogP contribution is -2.31. The molecule has 1 unspecified atom stereocenters. The van der Waals surface area contributed by atoms with E-state index in [1.807, 2.05) is 30.3 Å². The number of urea groups is 1. The predicted molar refractivity (Wildman–Crippen MR) is 81.3 cm³/mol. The molecule has 24 heavy (non-hydrogen) atoms. The predicted octanol–water partition coefficient (Wildman–Crippen LogP) is 0.341. The number of amides is 4. The zero-order chi connectivity index (χ0) is 16.9. The molecule has 0 aliphatic carbocycles. The van der Waals surface area contributed by atoms with Crippen molar-refractivity contribution in [1.29, 1.82) is 0 Å². The summed E-state index contributed by atoms with van der Waals surface area (Å²) in [5.41, 5.74) is 0.797. The zero-order valence-electron chi connectivity index (χ0n) is 12.6. The van der Waals surface area contributed by atoms with Gasteiger partial charge in [0.25, 0.3) is 11.8 Å². The summed E-state index contributed by atoms with van der Waals surface area (Å²) in [7, 11) is 0. The van der Waals surface area contributed by atoms with Crippen LogP contribution in [0.4, 0.5) is 4.79 Å². The van der Waals surface area contributed by atoms with Crippen LogP contribution in [0.25, 0.3) is 11.5 Å². The topological polar surface area (TPSA) is 126 Å². The summed E-state index contributed by atoms with van der Waals surface area (Å²) < 4.78 is 5.14. The Morgan fingerprint density at radius 1 is 1.25 bits per heavy atom. The Labute approximate surface area is 136 Å². The summed E-state index contributed by atoms with van der Waals surface area (Å²) in [4.78, 5) is 38.3. The summed E-state index contributed by atoms with van der Waals surface area (Å²) in [5.74, 6) is 0.0489. The van der Waals surface area contributed by atoms with Gasteiger partial charge in [-0.3, -0.25) is 14.9 Å². The molecular weight excluding hydrogens is 314 g/mol. The number of carbonyl (C=O) groups is 3. The van der Waals surface area contributed by atoms with Gasteiger partial charge in [0.15, 0.2) is 5.82 Å². The molecule has 0 radical (unpaired) electrons. The van der Waals surface area contributed by atoms with Gasteiger partial charge in [-0.25, -0.2) is 4.79 Å². The van der Waals surface area contributed by atoms with Crippen LogP contribution in [0.1, 0.15) is 18.7 Å². The Kier molecular flexibility index (Phi) is 4.50. The Balaban J connectivity index is 1.46. The van der Waals surface area contributed by atoms with E-state index in [-0.39, 0.29) is 25.3 Å². The van der Waals surface area contributed by atoms with E-state index in [2.05, 4.69) is 26.1 Å². The quantitative estimate of drug-likeness (QED) is 0.656. The maximum atomic E-state index is 11.8. The fraction of sp³-hybridized carbons (Fsp3) is 0.267. The first kappa shape index (κ1) is 15.7. The first-order valence-electron chi connectivity index (χ1n) is 7.38. The van der Waals surface area contributed by atoms with Gasteiger partial charge >= 0.3 is 6.03 Å². The number of hydrogen-bond acceptors (Lipinski definition) is 6. The van der Waals surface area contributed by atoms with Crippen LogP contribution in [0.3, 0.4) is 0 Å². The van der Waals surface area contributed by atoms with Crippen molar-refractivity contribution in [2.75, 3.05) is 0 Å². The molecule has 1 atom stereocenters. The fourth-order valence-corrected chi connectivity index (χ4v) is 2.23. The molecule has 1 aliphatic heterocycles. The number of carbonyl (C=O) groups excluding carboxylic acids is 3. The Hall–Kier alpha value is -3.23. The molecule has 4 amide bonds. The molecule has 1 aromatic heterocycles. The Morgan fingerprint density at radius 3 is 2.75 bits per heavy atom. The van der Waals surface area contributed by atoms with E-state index in [0.717, 1.165) is 5.56 Å². The molecule has 124 valence electrons. The van der Waals surface area contributed by atoms with E-state index in [0.29, 0.717) is 11.7 Å². The van der Waals surface area contributed by atoms with Crippen LogP contribution < -0.4 is 16.0 Å². The molecule has 1 fully saturated rings. The third kappa shape index (κ3) is 3.75. The molecule has 1 aromatic carbocycles. The lowest BCUT2D eigenvalue weighted by molar-refractivity contribution is -0.122. The second-order valence-corrected chi connectivity index (χ2v) is 5.21. The highest BCUT2D eigenvalue weighted by atomic mass is 16.5. The van der Waals surface area contributed by atoms with Gasteiger partial charge in [0.05, 0.1) is 6.54 Å². The first-order valence-corrected chi connectivity index (χ1v) is 7.38. The minimum Gasteiger partial charge on any atom is -0.349 e. The standard InChI is InChI=1S/C15H15N5O4/c21-12(7-6-10-13(22)19-15(23)17-10)16-8-11-18-14(24-20-11)9-4-2-1-3-5-9/h1-5,10H,6-8H2,(H,16,21)(H2,17,19,22,23). The van der Waals surface area contributed by atoms with Crippen LogP contribution in [0.2, 0.25) is 0 Å². The van der Waals surface area contributed by atoms with Crippen molar-refractivity contribution in [3.05, 3.63) is 36.2 Å². The summed E-state index contributed by atoms with van der Waals surface area (Å²) in [6, 6.07) is 8.09. The molecule has 2 heterocycles. The number of hydrogen-bond donors (Lipinski definition) is 3. The highest BCUT2D eigenvalue weighted by Crippen LogP contribution is 2.15. The summed E-state index contributed by atoms with van der Waals surface area (Å²) >= 11 is 0. The van der Waals surface area contributed by atoms with Crippen molar-refractivity contribution < 1.29 is 18.9 Å². The molecule has 0 spiro atoms. The monoisotopic (exact) mass is 329 g/mol. The van der Waals surface area contributed by atoms with Gasteiger partial charge in [-0.2, -0.15) is 4.98 Å². The Bertz CT molecular complexity index is 758. The van der Waals surface area contributed by atoms with Gasteiger partial charge < -0.3 is 15.2 Å². The van der Waals surface area contributed by atoms with E-state index >= 15 is 0 Å². The van der Waals surface area contributed by atoms with E-state index in [9.17, 15) is 14.4 Å². The molecule has 0 saturated carbocycles. The molecule has 9 nitrogen and oxygen atoms in total. The summed E-state index contributed by atoms with van der Waals surface area (Å²) in [6.07, 6.45) is 0.326. The average molecular weight is 329 g/mol. The van der Waals surface area contributed by atoms with E-state index in [1.54, 1.807) is 0 Å². The first-order chi connectivity index (χ1) is 11.6. The summed E-state index contributed by atoms with van der Waals surface area (Å²) in [6.45, 7) is 0.123. The molecule has 9 heteroatoms.